The van der Waals surface area contributed by atoms with Gasteiger partial charge in [-0.05, 0) is 42.0 Å². The zero-order valence-corrected chi connectivity index (χ0v) is 14.3. The first-order chi connectivity index (χ1) is 11.7. The molecule has 1 fully saturated rings. The van der Waals surface area contributed by atoms with Crippen LogP contribution in [0.5, 0.6) is 5.88 Å². The number of nitrogens with zero attached hydrogens (tertiary/aromatic N) is 3. The predicted octanol–water partition coefficient (Wildman–Crippen LogP) is 2.07. The van der Waals surface area contributed by atoms with E-state index in [-0.39, 0.29) is 0 Å². The van der Waals surface area contributed by atoms with Crippen LogP contribution in [0.15, 0.2) is 41.8 Å². The van der Waals surface area contributed by atoms with Gasteiger partial charge in [-0.3, -0.25) is 4.99 Å². The van der Waals surface area contributed by atoms with Gasteiger partial charge >= 0.3 is 0 Å². The van der Waals surface area contributed by atoms with Crippen LogP contribution < -0.4 is 15.4 Å². The first kappa shape index (κ1) is 16.4. The summed E-state index contributed by atoms with van der Waals surface area (Å²) in [5.74, 6) is 2.21. The first-order valence-corrected chi connectivity index (χ1v) is 8.36. The maximum atomic E-state index is 5.72. The molecule has 2 heterocycles. The Bertz CT molecular complexity index is 690. The van der Waals surface area contributed by atoms with Gasteiger partial charge in [-0.25, -0.2) is 4.98 Å². The van der Waals surface area contributed by atoms with Crippen molar-refractivity contribution < 1.29 is 4.74 Å². The monoisotopic (exact) mass is 327 g/mol. The van der Waals surface area contributed by atoms with Crippen LogP contribution in [0.2, 0.25) is 0 Å². The van der Waals surface area contributed by atoms with E-state index in [1.165, 1.54) is 18.4 Å². The molecule has 6 nitrogen and oxygen atoms in total. The summed E-state index contributed by atoms with van der Waals surface area (Å²) in [7, 11) is 3.79. The van der Waals surface area contributed by atoms with Crippen molar-refractivity contribution in [2.75, 3.05) is 13.7 Å². The molecule has 2 aromatic heterocycles. The largest absolute Gasteiger partial charge is 0.477 e. The molecule has 0 bridgehead atoms. The van der Waals surface area contributed by atoms with Crippen molar-refractivity contribution in [1.29, 1.82) is 0 Å². The third-order valence-corrected chi connectivity index (χ3v) is 4.00. The summed E-state index contributed by atoms with van der Waals surface area (Å²) in [6.45, 7) is 2.20. The van der Waals surface area contributed by atoms with Crippen LogP contribution >= 0.6 is 0 Å². The van der Waals surface area contributed by atoms with E-state index in [1.807, 2.05) is 29.9 Å². The number of aryl methyl sites for hydroxylation is 1. The second-order valence-corrected chi connectivity index (χ2v) is 6.22. The van der Waals surface area contributed by atoms with Gasteiger partial charge in [0.1, 0.15) is 0 Å². The van der Waals surface area contributed by atoms with Gasteiger partial charge < -0.3 is 19.9 Å². The lowest BCUT2D eigenvalue weighted by Gasteiger charge is -2.12. The third kappa shape index (κ3) is 5.01. The highest BCUT2D eigenvalue weighted by Crippen LogP contribution is 2.29. The highest BCUT2D eigenvalue weighted by molar-refractivity contribution is 5.79. The Balaban J connectivity index is 1.46. The Morgan fingerprint density at radius 2 is 2.08 bits per heavy atom. The Morgan fingerprint density at radius 3 is 2.75 bits per heavy atom. The zero-order valence-electron chi connectivity index (χ0n) is 14.3. The summed E-state index contributed by atoms with van der Waals surface area (Å²) in [5, 5.41) is 6.63. The van der Waals surface area contributed by atoms with Crippen LogP contribution in [0, 0.1) is 5.92 Å². The van der Waals surface area contributed by atoms with Crippen LogP contribution in [0.4, 0.5) is 0 Å². The lowest BCUT2D eigenvalue weighted by molar-refractivity contribution is 0.288. The maximum absolute atomic E-state index is 5.72. The molecule has 0 unspecified atom stereocenters. The summed E-state index contributed by atoms with van der Waals surface area (Å²) in [5.41, 5.74) is 2.35. The highest BCUT2D eigenvalue weighted by atomic mass is 16.5. The SMILES string of the molecule is CN=C(NCc1ccnc(OCC2CC2)c1)NCc1ccn(C)c1. The van der Waals surface area contributed by atoms with Gasteiger partial charge in [0.25, 0.3) is 0 Å². The average molecular weight is 327 g/mol. The molecule has 24 heavy (non-hydrogen) atoms. The Hall–Kier alpha value is -2.50. The van der Waals surface area contributed by atoms with Gasteiger partial charge in [0.2, 0.25) is 5.88 Å². The maximum Gasteiger partial charge on any atom is 0.213 e. The van der Waals surface area contributed by atoms with Gasteiger partial charge in [0.15, 0.2) is 5.96 Å². The van der Waals surface area contributed by atoms with Crippen molar-refractivity contribution in [1.82, 2.24) is 20.2 Å². The summed E-state index contributed by atoms with van der Waals surface area (Å²) < 4.78 is 7.76. The van der Waals surface area contributed by atoms with Crippen molar-refractivity contribution in [2.24, 2.45) is 18.0 Å². The van der Waals surface area contributed by atoms with Crippen molar-refractivity contribution in [2.45, 2.75) is 25.9 Å². The number of ether oxygens (including phenoxy) is 1. The van der Waals surface area contributed by atoms with Gasteiger partial charge in [0, 0.05) is 51.8 Å². The average Bonchev–Trinajstić information content (AvgIpc) is 3.34. The Kier molecular flexibility index (Phi) is 5.36. The summed E-state index contributed by atoms with van der Waals surface area (Å²) >= 11 is 0. The molecule has 1 saturated carbocycles. The van der Waals surface area contributed by atoms with Crippen LogP contribution in [-0.4, -0.2) is 29.2 Å². The van der Waals surface area contributed by atoms with Crippen LogP contribution in [-0.2, 0) is 20.1 Å². The molecule has 0 radical (unpaired) electrons. The summed E-state index contributed by atoms with van der Waals surface area (Å²) in [4.78, 5) is 8.52. The van der Waals surface area contributed by atoms with E-state index in [0.29, 0.717) is 12.4 Å². The number of rotatable bonds is 7. The minimum Gasteiger partial charge on any atom is -0.477 e. The molecule has 6 heteroatoms. The smallest absolute Gasteiger partial charge is 0.213 e. The second-order valence-electron chi connectivity index (χ2n) is 6.22. The minimum atomic E-state index is 0.677. The normalized spacial score (nSPS) is 14.5. The summed E-state index contributed by atoms with van der Waals surface area (Å²) in [6.07, 6.45) is 8.48. The number of aromatic nitrogens is 2. The van der Waals surface area contributed by atoms with Crippen LogP contribution in [0.1, 0.15) is 24.0 Å². The standard InChI is InChI=1S/C18H25N5O/c1-19-18(22-11-16-6-8-23(2)12-16)21-10-15-5-7-20-17(9-15)24-13-14-3-4-14/h5-9,12,14H,3-4,10-11,13H2,1-2H3,(H2,19,21,22). The molecule has 0 aromatic carbocycles. The number of aliphatic imine (C=N–C) groups is 1. The number of nitrogens with one attached hydrogen (secondary N) is 2. The molecule has 3 rings (SSSR count). The van der Waals surface area contributed by atoms with Gasteiger partial charge in [-0.2, -0.15) is 0 Å². The third-order valence-electron chi connectivity index (χ3n) is 4.00. The Morgan fingerprint density at radius 1 is 1.29 bits per heavy atom. The molecule has 0 atom stereocenters. The van der Waals surface area contributed by atoms with E-state index >= 15 is 0 Å². The fraction of sp³-hybridized carbons (Fsp3) is 0.444. The van der Waals surface area contributed by atoms with Crippen LogP contribution in [0.25, 0.3) is 0 Å². The number of pyridine rings is 1. The number of hydrogen-bond acceptors (Lipinski definition) is 3. The van der Waals surface area contributed by atoms with Crippen molar-refractivity contribution >= 4 is 5.96 Å². The minimum absolute atomic E-state index is 0.677. The molecule has 2 aromatic rings. The predicted molar refractivity (Wildman–Crippen MR) is 94.9 cm³/mol. The van der Waals surface area contributed by atoms with E-state index in [9.17, 15) is 0 Å². The first-order valence-electron chi connectivity index (χ1n) is 8.36. The molecule has 2 N–H and O–H groups in total. The highest BCUT2D eigenvalue weighted by Gasteiger charge is 2.22. The van der Waals surface area contributed by atoms with E-state index in [0.717, 1.165) is 30.6 Å². The van der Waals surface area contributed by atoms with Crippen molar-refractivity contribution in [3.8, 4) is 5.88 Å². The van der Waals surface area contributed by atoms with Gasteiger partial charge in [-0.15, -0.1) is 0 Å². The van der Waals surface area contributed by atoms with Crippen molar-refractivity contribution in [3.05, 3.63) is 47.9 Å². The van der Waals surface area contributed by atoms with Gasteiger partial charge in [-0.1, -0.05) is 0 Å². The molecule has 0 spiro atoms. The lowest BCUT2D eigenvalue weighted by Crippen LogP contribution is -2.36. The Labute approximate surface area is 143 Å². The zero-order chi connectivity index (χ0) is 16.8. The number of guanidine groups is 1. The van der Waals surface area contributed by atoms with Crippen LogP contribution in [0.3, 0.4) is 0 Å². The van der Waals surface area contributed by atoms with E-state index < -0.39 is 0 Å². The molecule has 128 valence electrons. The number of hydrogen-bond donors (Lipinski definition) is 2. The molecule has 1 aliphatic carbocycles. The molecule has 0 aliphatic heterocycles. The fourth-order valence-corrected chi connectivity index (χ4v) is 2.38. The van der Waals surface area contributed by atoms with E-state index in [2.05, 4.69) is 32.9 Å². The second kappa shape index (κ2) is 7.86. The molecule has 0 amide bonds. The fourth-order valence-electron chi connectivity index (χ4n) is 2.38. The van der Waals surface area contributed by atoms with E-state index in [4.69, 9.17) is 4.74 Å². The quantitative estimate of drug-likeness (QED) is 0.604. The topological polar surface area (TPSA) is 63.5 Å². The molecular weight excluding hydrogens is 302 g/mol. The molecular formula is C18H25N5O. The van der Waals surface area contributed by atoms with Crippen molar-refractivity contribution in [3.63, 3.8) is 0 Å². The summed E-state index contributed by atoms with van der Waals surface area (Å²) in [6, 6.07) is 6.06. The lowest BCUT2D eigenvalue weighted by atomic mass is 10.2. The van der Waals surface area contributed by atoms with Gasteiger partial charge in [0.05, 0.1) is 6.61 Å². The molecule has 0 saturated heterocycles. The molecule has 1 aliphatic rings. The van der Waals surface area contributed by atoms with E-state index in [1.54, 1.807) is 13.2 Å².